The highest BCUT2D eigenvalue weighted by molar-refractivity contribution is 6.12. The van der Waals surface area contributed by atoms with Gasteiger partial charge in [0.2, 0.25) is 5.95 Å². The lowest BCUT2D eigenvalue weighted by molar-refractivity contribution is -0.119. The zero-order chi connectivity index (χ0) is 33.7. The number of rotatable bonds is 10. The van der Waals surface area contributed by atoms with Crippen LogP contribution in [0.1, 0.15) is 81.3 Å². The highest BCUT2D eigenvalue weighted by Gasteiger charge is 2.30. The summed E-state index contributed by atoms with van der Waals surface area (Å²) in [6, 6.07) is 4.27. The molecule has 3 aliphatic rings. The molecule has 2 atom stereocenters. The number of anilines is 3. The van der Waals surface area contributed by atoms with E-state index in [0.29, 0.717) is 35.9 Å². The van der Waals surface area contributed by atoms with Crippen molar-refractivity contribution in [2.24, 2.45) is 9.98 Å². The van der Waals surface area contributed by atoms with E-state index < -0.39 is 12.1 Å². The van der Waals surface area contributed by atoms with Crippen LogP contribution in [0.3, 0.4) is 0 Å². The van der Waals surface area contributed by atoms with Crippen LogP contribution in [0.4, 0.5) is 22.2 Å². The molecule has 4 heterocycles. The maximum atomic E-state index is 13.5. The molecule has 47 heavy (non-hydrogen) atoms. The number of nitrogens with zero attached hydrogens (tertiary/aromatic N) is 7. The van der Waals surface area contributed by atoms with Crippen LogP contribution in [0, 0.1) is 0 Å². The summed E-state index contributed by atoms with van der Waals surface area (Å²) in [5, 5.41) is 6.30. The standard InChI is InChI=1S/C35H43N9O3/c1-7-9-11-26(39-32(45)24-13-15-28-23(4)38-29(10-8-2)33(46)42(5)30(28)18-24)16-17-44-21-25-19-37-34(41-31(25)43(6)35(44)47)40-27-14-12-22(3)36-20-27/h7,9,13,15-20,26,29H,8,10-12,14,21H2,1-6H3,(H,39,45)(H,37,40,41)/b9-7+,17-16+/t26?,29-/m0/s1. The summed E-state index contributed by atoms with van der Waals surface area (Å²) in [4.78, 5) is 62.8. The fourth-order valence-corrected chi connectivity index (χ4v) is 5.73. The summed E-state index contributed by atoms with van der Waals surface area (Å²) in [5.74, 6) is 0.587. The third-order valence-electron chi connectivity index (χ3n) is 8.48. The van der Waals surface area contributed by atoms with Crippen LogP contribution < -0.4 is 20.4 Å². The average Bonchev–Trinajstić information content (AvgIpc) is 3.15. The quantitative estimate of drug-likeness (QED) is 0.326. The number of urea groups is 1. The van der Waals surface area contributed by atoms with Crippen molar-refractivity contribution in [1.29, 1.82) is 0 Å². The number of allylic oxidation sites excluding steroid dienone is 2. The van der Waals surface area contributed by atoms with Crippen molar-refractivity contribution < 1.29 is 14.4 Å². The largest absolute Gasteiger partial charge is 0.345 e. The Labute approximate surface area is 276 Å². The second kappa shape index (κ2) is 14.5. The topological polar surface area (TPSA) is 135 Å². The highest BCUT2D eigenvalue weighted by Crippen LogP contribution is 2.29. The van der Waals surface area contributed by atoms with Crippen LogP contribution in [0.15, 0.2) is 70.7 Å². The Bertz CT molecular complexity index is 1710. The summed E-state index contributed by atoms with van der Waals surface area (Å²) in [5.41, 5.74) is 5.50. The molecule has 0 aliphatic carbocycles. The van der Waals surface area contributed by atoms with Gasteiger partial charge in [0.1, 0.15) is 11.9 Å². The van der Waals surface area contributed by atoms with Gasteiger partial charge in [-0.05, 0) is 64.7 Å². The van der Waals surface area contributed by atoms with Gasteiger partial charge in [-0.25, -0.2) is 9.78 Å². The summed E-state index contributed by atoms with van der Waals surface area (Å²) >= 11 is 0. The molecule has 5 rings (SSSR count). The number of benzodiazepines with no additional fused rings is 1. The molecule has 2 aromatic rings. The molecular formula is C35H43N9O3. The smallest absolute Gasteiger partial charge is 0.329 e. The second-order valence-electron chi connectivity index (χ2n) is 12.0. The van der Waals surface area contributed by atoms with Gasteiger partial charge in [-0.15, -0.1) is 0 Å². The first kappa shape index (κ1) is 33.2. The van der Waals surface area contributed by atoms with Crippen molar-refractivity contribution in [3.8, 4) is 0 Å². The number of fused-ring (bicyclic) bond motifs is 2. The fraction of sp³-hybridized carbons (Fsp3) is 0.400. The van der Waals surface area contributed by atoms with Crippen molar-refractivity contribution >= 4 is 46.7 Å². The van der Waals surface area contributed by atoms with Crippen molar-refractivity contribution in [2.45, 2.75) is 78.4 Å². The van der Waals surface area contributed by atoms with E-state index in [-0.39, 0.29) is 24.4 Å². The zero-order valence-electron chi connectivity index (χ0n) is 27.9. The first-order valence-corrected chi connectivity index (χ1v) is 16.1. The van der Waals surface area contributed by atoms with Gasteiger partial charge in [-0.1, -0.05) is 31.6 Å². The first-order valence-electron chi connectivity index (χ1n) is 16.1. The molecule has 3 aliphatic heterocycles. The lowest BCUT2D eigenvalue weighted by atomic mass is 10.0. The lowest BCUT2D eigenvalue weighted by Crippen LogP contribution is -2.43. The molecular weight excluding hydrogens is 594 g/mol. The average molecular weight is 638 g/mol. The molecule has 0 saturated carbocycles. The molecule has 0 bridgehead atoms. The predicted octanol–water partition coefficient (Wildman–Crippen LogP) is 5.59. The van der Waals surface area contributed by atoms with E-state index >= 15 is 0 Å². The minimum absolute atomic E-state index is 0.0848. The molecule has 1 aromatic heterocycles. The van der Waals surface area contributed by atoms with Crippen LogP contribution in [0.2, 0.25) is 0 Å². The number of hydrogen-bond donors (Lipinski definition) is 2. The van der Waals surface area contributed by atoms with Gasteiger partial charge in [0, 0.05) is 66.5 Å². The number of aliphatic imine (C=N–C) groups is 2. The van der Waals surface area contributed by atoms with Crippen molar-refractivity contribution in [2.75, 3.05) is 29.2 Å². The Kier molecular flexibility index (Phi) is 10.3. The van der Waals surface area contributed by atoms with Gasteiger partial charge in [0.25, 0.3) is 11.8 Å². The fourth-order valence-electron chi connectivity index (χ4n) is 5.73. The molecule has 1 aromatic carbocycles. The Morgan fingerprint density at radius 1 is 1.15 bits per heavy atom. The van der Waals surface area contributed by atoms with Crippen molar-refractivity contribution in [1.82, 2.24) is 20.2 Å². The van der Waals surface area contributed by atoms with Gasteiger partial charge < -0.3 is 15.5 Å². The normalized spacial score (nSPS) is 18.8. The second-order valence-corrected chi connectivity index (χ2v) is 12.0. The van der Waals surface area contributed by atoms with E-state index in [9.17, 15) is 14.4 Å². The van der Waals surface area contributed by atoms with Gasteiger partial charge in [0.15, 0.2) is 0 Å². The van der Waals surface area contributed by atoms with Crippen LogP contribution in [-0.2, 0) is 11.3 Å². The number of likely N-dealkylation sites (N-methyl/N-ethyl adjacent to an activating group) is 1. The van der Waals surface area contributed by atoms with Gasteiger partial charge >= 0.3 is 6.03 Å². The third kappa shape index (κ3) is 7.48. The van der Waals surface area contributed by atoms with Crippen molar-refractivity contribution in [3.63, 3.8) is 0 Å². The van der Waals surface area contributed by atoms with E-state index in [1.807, 2.05) is 52.0 Å². The van der Waals surface area contributed by atoms with Crippen molar-refractivity contribution in [3.05, 3.63) is 77.4 Å². The Morgan fingerprint density at radius 3 is 2.68 bits per heavy atom. The Morgan fingerprint density at radius 2 is 1.96 bits per heavy atom. The molecule has 12 nitrogen and oxygen atoms in total. The Balaban J connectivity index is 1.30. The predicted molar refractivity (Wildman–Crippen MR) is 186 cm³/mol. The number of carbonyl (C=O) groups excluding carboxylic acids is 3. The highest BCUT2D eigenvalue weighted by atomic mass is 16.2. The van der Waals surface area contributed by atoms with Gasteiger partial charge in [-0.2, -0.15) is 4.98 Å². The summed E-state index contributed by atoms with van der Waals surface area (Å²) in [6.45, 7) is 8.14. The molecule has 2 N–H and O–H groups in total. The number of aromatic nitrogens is 2. The number of carbonyl (C=O) groups is 3. The molecule has 0 fully saturated rings. The summed E-state index contributed by atoms with van der Waals surface area (Å²) in [6.07, 6.45) is 14.6. The lowest BCUT2D eigenvalue weighted by Gasteiger charge is -2.32. The molecule has 12 heteroatoms. The Hall–Kier alpha value is -5.13. The maximum Gasteiger partial charge on any atom is 0.329 e. The van der Waals surface area contributed by atoms with E-state index in [2.05, 4.69) is 30.6 Å². The minimum atomic E-state index is -0.433. The van der Waals surface area contributed by atoms with Crippen LogP contribution in [0.25, 0.3) is 0 Å². The summed E-state index contributed by atoms with van der Waals surface area (Å²) < 4.78 is 0. The minimum Gasteiger partial charge on any atom is -0.345 e. The van der Waals surface area contributed by atoms with E-state index in [1.165, 1.54) is 4.90 Å². The zero-order valence-corrected chi connectivity index (χ0v) is 27.9. The molecule has 1 unspecified atom stereocenters. The number of amides is 4. The molecule has 0 saturated heterocycles. The first-order chi connectivity index (χ1) is 22.6. The van der Waals surface area contributed by atoms with E-state index in [0.717, 1.165) is 47.5 Å². The van der Waals surface area contributed by atoms with Gasteiger partial charge in [-0.3, -0.25) is 29.4 Å². The molecule has 0 radical (unpaired) electrons. The van der Waals surface area contributed by atoms with Crippen LogP contribution in [-0.4, -0.2) is 70.3 Å². The molecule has 4 amide bonds. The third-order valence-corrected chi connectivity index (χ3v) is 8.48. The van der Waals surface area contributed by atoms with E-state index in [1.54, 1.807) is 54.6 Å². The monoisotopic (exact) mass is 637 g/mol. The van der Waals surface area contributed by atoms with Crippen LogP contribution in [0.5, 0.6) is 0 Å². The maximum absolute atomic E-state index is 13.5. The molecule has 0 spiro atoms. The van der Waals surface area contributed by atoms with E-state index in [4.69, 9.17) is 0 Å². The molecule has 246 valence electrons. The SMILES string of the molecule is C/C=C/CC(/C=C/N1Cc2cnc(NC3=CN=C(C)CC3)nc2N(C)C1=O)NC(=O)c1ccc2c(c1)N(C)C(=O)[C@H](CCC)N=C2C. The number of benzene rings is 1. The van der Waals surface area contributed by atoms with Gasteiger partial charge in [0.05, 0.1) is 18.3 Å². The van der Waals surface area contributed by atoms with Crippen LogP contribution >= 0.6 is 0 Å². The summed E-state index contributed by atoms with van der Waals surface area (Å²) in [7, 11) is 3.41. The number of nitrogens with one attached hydrogen (secondary N) is 2. The number of hydrogen-bond acceptors (Lipinski definition) is 8.